The Hall–Kier alpha value is -3.20. The monoisotopic (exact) mass is 482 g/mol. The van der Waals surface area contributed by atoms with E-state index in [0.29, 0.717) is 36.7 Å². The van der Waals surface area contributed by atoms with E-state index in [9.17, 15) is 9.59 Å². The van der Waals surface area contributed by atoms with E-state index in [2.05, 4.69) is 32.2 Å². The van der Waals surface area contributed by atoms with Gasteiger partial charge >= 0.3 is 5.69 Å². The van der Waals surface area contributed by atoms with Crippen LogP contribution in [-0.4, -0.2) is 29.2 Å². The lowest BCUT2D eigenvalue weighted by atomic mass is 9.64. The van der Waals surface area contributed by atoms with Crippen LogP contribution < -0.4 is 11.2 Å². The van der Waals surface area contributed by atoms with Crippen molar-refractivity contribution in [1.82, 2.24) is 29.2 Å². The summed E-state index contributed by atoms with van der Waals surface area (Å²) in [6.07, 6.45) is 5.81. The summed E-state index contributed by atoms with van der Waals surface area (Å²) in [6, 6.07) is 10.3. The third kappa shape index (κ3) is 3.87. The molecular weight excluding hydrogens is 456 g/mol. The van der Waals surface area contributed by atoms with Gasteiger partial charge in [0.05, 0.1) is 5.41 Å². The number of imidazole rings is 1. The molecule has 1 aromatic carbocycles. The van der Waals surface area contributed by atoms with Crippen molar-refractivity contribution < 1.29 is 4.52 Å². The number of nitrogens with zero attached hydrogens (tertiary/aromatic N) is 5. The molecule has 1 N–H and O–H groups in total. The van der Waals surface area contributed by atoms with Gasteiger partial charge in [-0.25, -0.2) is 4.79 Å². The molecule has 0 amide bonds. The molecule has 1 saturated carbocycles. The number of hydrogen-bond donors (Lipinski definition) is 1. The summed E-state index contributed by atoms with van der Waals surface area (Å²) in [5.74, 6) is 1.23. The highest BCUT2D eigenvalue weighted by Gasteiger charge is 2.44. The second kappa shape index (κ2) is 9.21. The Morgan fingerprint density at radius 2 is 1.85 bits per heavy atom. The predicted molar refractivity (Wildman–Crippen MR) is 128 cm³/mol. The SMILES string of the molecule is CCCCn1c(=O)n(CCCc2nc(C3(c4ccccc4)CCC3)no2)c(=O)c2[nH]c(Cl)nc21. The summed E-state index contributed by atoms with van der Waals surface area (Å²) in [5.41, 5.74) is 0.777. The average Bonchev–Trinajstić information content (AvgIpc) is 3.43. The van der Waals surface area contributed by atoms with E-state index in [-0.39, 0.29) is 28.4 Å². The fraction of sp³-hybridized carbons (Fsp3) is 0.458. The molecule has 3 aromatic heterocycles. The quantitative estimate of drug-likeness (QED) is 0.363. The molecule has 1 aliphatic rings. The zero-order valence-corrected chi connectivity index (χ0v) is 19.8. The number of aromatic nitrogens is 6. The summed E-state index contributed by atoms with van der Waals surface area (Å²) >= 11 is 5.99. The van der Waals surface area contributed by atoms with Gasteiger partial charge in [-0.05, 0) is 42.8 Å². The highest BCUT2D eigenvalue weighted by Crippen LogP contribution is 2.47. The van der Waals surface area contributed by atoms with Crippen LogP contribution in [0, 0.1) is 0 Å². The second-order valence-corrected chi connectivity index (χ2v) is 9.25. The van der Waals surface area contributed by atoms with Crippen molar-refractivity contribution in [3.8, 4) is 0 Å². The van der Waals surface area contributed by atoms with Crippen LogP contribution in [0.2, 0.25) is 5.28 Å². The fourth-order valence-corrected chi connectivity index (χ4v) is 4.90. The summed E-state index contributed by atoms with van der Waals surface area (Å²) in [6.45, 7) is 2.75. The van der Waals surface area contributed by atoms with E-state index in [1.807, 2.05) is 25.1 Å². The molecule has 0 saturated heterocycles. The first-order valence-corrected chi connectivity index (χ1v) is 12.2. The third-order valence-electron chi connectivity index (χ3n) is 6.77. The lowest BCUT2D eigenvalue weighted by Crippen LogP contribution is -2.40. The largest absolute Gasteiger partial charge is 0.339 e. The summed E-state index contributed by atoms with van der Waals surface area (Å²) in [7, 11) is 0. The van der Waals surface area contributed by atoms with Crippen molar-refractivity contribution in [3.63, 3.8) is 0 Å². The highest BCUT2D eigenvalue weighted by atomic mass is 35.5. The van der Waals surface area contributed by atoms with Crippen LogP contribution >= 0.6 is 11.6 Å². The number of hydrogen-bond acceptors (Lipinski definition) is 6. The zero-order valence-electron chi connectivity index (χ0n) is 19.1. The van der Waals surface area contributed by atoms with Gasteiger partial charge in [0, 0.05) is 19.5 Å². The molecule has 34 heavy (non-hydrogen) atoms. The molecule has 5 rings (SSSR count). The van der Waals surface area contributed by atoms with E-state index in [0.717, 1.165) is 32.1 Å². The number of aryl methyl sites for hydroxylation is 2. The standard InChI is InChI=1S/C24H27ClN6O3/c1-2-3-14-30-19-18(27-22(25)28-19)20(32)31(23(30)33)15-7-11-17-26-21(29-34-17)24(12-8-13-24)16-9-5-4-6-10-16/h4-6,9-10H,2-3,7-8,11-15H2,1H3,(H,27,28). The van der Waals surface area contributed by atoms with E-state index >= 15 is 0 Å². The van der Waals surface area contributed by atoms with Gasteiger partial charge in [0.15, 0.2) is 17.0 Å². The van der Waals surface area contributed by atoms with Crippen LogP contribution in [0.3, 0.4) is 0 Å². The van der Waals surface area contributed by atoms with Crippen molar-refractivity contribution in [2.45, 2.75) is 70.4 Å². The van der Waals surface area contributed by atoms with E-state index < -0.39 is 5.56 Å². The highest BCUT2D eigenvalue weighted by molar-refractivity contribution is 6.28. The molecule has 0 radical (unpaired) electrons. The fourth-order valence-electron chi connectivity index (χ4n) is 4.72. The topological polar surface area (TPSA) is 112 Å². The molecule has 0 atom stereocenters. The Labute approximate surface area is 200 Å². The van der Waals surface area contributed by atoms with Crippen molar-refractivity contribution in [3.05, 3.63) is 73.7 Å². The Kier molecular flexibility index (Phi) is 6.12. The Bertz CT molecular complexity index is 1410. The molecule has 0 bridgehead atoms. The maximum atomic E-state index is 13.1. The molecule has 3 heterocycles. The number of aromatic amines is 1. The summed E-state index contributed by atoms with van der Waals surface area (Å²) in [4.78, 5) is 37.6. The van der Waals surface area contributed by atoms with Crippen LogP contribution in [0.25, 0.3) is 11.2 Å². The van der Waals surface area contributed by atoms with Gasteiger partial charge in [0.2, 0.25) is 11.2 Å². The zero-order chi connectivity index (χ0) is 23.7. The molecule has 0 aliphatic heterocycles. The molecule has 178 valence electrons. The Morgan fingerprint density at radius 1 is 1.09 bits per heavy atom. The molecular formula is C24H27ClN6O3. The first-order valence-electron chi connectivity index (χ1n) is 11.8. The molecule has 1 fully saturated rings. The number of fused-ring (bicyclic) bond motifs is 1. The Balaban J connectivity index is 1.35. The van der Waals surface area contributed by atoms with Gasteiger partial charge in [0.25, 0.3) is 5.56 Å². The van der Waals surface area contributed by atoms with Gasteiger partial charge in [-0.3, -0.25) is 13.9 Å². The van der Waals surface area contributed by atoms with Crippen LogP contribution in [-0.2, 0) is 24.9 Å². The van der Waals surface area contributed by atoms with Crippen molar-refractivity contribution in [2.75, 3.05) is 0 Å². The van der Waals surface area contributed by atoms with Crippen molar-refractivity contribution in [1.29, 1.82) is 0 Å². The Morgan fingerprint density at radius 3 is 2.56 bits per heavy atom. The normalized spacial score (nSPS) is 15.0. The first-order chi connectivity index (χ1) is 16.5. The van der Waals surface area contributed by atoms with E-state index in [1.165, 1.54) is 14.7 Å². The maximum Gasteiger partial charge on any atom is 0.332 e. The predicted octanol–water partition coefficient (Wildman–Crippen LogP) is 3.83. The summed E-state index contributed by atoms with van der Waals surface area (Å²) < 4.78 is 8.31. The van der Waals surface area contributed by atoms with Crippen LogP contribution in [0.4, 0.5) is 0 Å². The molecule has 0 unspecified atom stereocenters. The lowest BCUT2D eigenvalue weighted by Gasteiger charge is -2.39. The maximum absolute atomic E-state index is 13.1. The van der Waals surface area contributed by atoms with Crippen LogP contribution in [0.5, 0.6) is 0 Å². The van der Waals surface area contributed by atoms with Gasteiger partial charge in [-0.15, -0.1) is 0 Å². The van der Waals surface area contributed by atoms with Gasteiger partial charge < -0.3 is 9.51 Å². The molecule has 4 aromatic rings. The first kappa shape index (κ1) is 22.6. The number of rotatable bonds is 9. The van der Waals surface area contributed by atoms with Gasteiger partial charge in [0.1, 0.15) is 0 Å². The van der Waals surface area contributed by atoms with Crippen LogP contribution in [0.1, 0.15) is 62.7 Å². The minimum absolute atomic E-state index is 0.0937. The number of halogens is 1. The average molecular weight is 483 g/mol. The number of nitrogens with one attached hydrogen (secondary N) is 1. The molecule has 1 aliphatic carbocycles. The number of H-pyrrole nitrogens is 1. The third-order valence-corrected chi connectivity index (χ3v) is 6.95. The summed E-state index contributed by atoms with van der Waals surface area (Å²) in [5, 5.41) is 4.38. The minimum Gasteiger partial charge on any atom is -0.339 e. The smallest absolute Gasteiger partial charge is 0.332 e. The molecule has 0 spiro atoms. The van der Waals surface area contributed by atoms with Crippen LogP contribution in [0.15, 0.2) is 44.4 Å². The van der Waals surface area contributed by atoms with Crippen molar-refractivity contribution >= 4 is 22.8 Å². The molecule has 10 heteroatoms. The van der Waals surface area contributed by atoms with E-state index in [1.54, 1.807) is 0 Å². The lowest BCUT2D eigenvalue weighted by molar-refractivity contribution is 0.270. The van der Waals surface area contributed by atoms with Crippen molar-refractivity contribution in [2.24, 2.45) is 0 Å². The number of benzene rings is 1. The second-order valence-electron chi connectivity index (χ2n) is 8.89. The molecule has 9 nitrogen and oxygen atoms in total. The van der Waals surface area contributed by atoms with Gasteiger partial charge in [-0.2, -0.15) is 9.97 Å². The number of unbranched alkanes of at least 4 members (excludes halogenated alkanes) is 1. The van der Waals surface area contributed by atoms with E-state index in [4.69, 9.17) is 16.1 Å². The minimum atomic E-state index is -0.420. The van der Waals surface area contributed by atoms with Gasteiger partial charge in [-0.1, -0.05) is 55.3 Å².